The van der Waals surface area contributed by atoms with E-state index in [1.807, 2.05) is 58.0 Å². The van der Waals surface area contributed by atoms with Crippen molar-refractivity contribution in [1.82, 2.24) is 5.32 Å². The van der Waals surface area contributed by atoms with E-state index in [9.17, 15) is 4.79 Å². The number of carbonyl (C=O) groups is 1. The number of amides is 1. The van der Waals surface area contributed by atoms with Crippen LogP contribution in [-0.2, 0) is 4.79 Å². The van der Waals surface area contributed by atoms with Gasteiger partial charge in [0.05, 0.1) is 0 Å². The van der Waals surface area contributed by atoms with Crippen LogP contribution in [0, 0.1) is 12.3 Å². The summed E-state index contributed by atoms with van der Waals surface area (Å²) in [5.41, 5.74) is 2.83. The summed E-state index contributed by atoms with van der Waals surface area (Å²) in [7, 11) is 0. The van der Waals surface area contributed by atoms with Crippen molar-refractivity contribution < 1.29 is 9.90 Å². The summed E-state index contributed by atoms with van der Waals surface area (Å²) < 4.78 is 0. The van der Waals surface area contributed by atoms with E-state index in [1.54, 1.807) is 0 Å². The van der Waals surface area contributed by atoms with Crippen LogP contribution in [0.3, 0.4) is 0 Å². The molecule has 0 aliphatic carbocycles. The average molecular weight is 275 g/mol. The molecule has 2 N–H and O–H groups in total. The monoisotopic (exact) mass is 275 g/mol. The molecule has 0 saturated carbocycles. The lowest BCUT2D eigenvalue weighted by Crippen LogP contribution is -2.34. The molecule has 0 aliphatic heterocycles. The van der Waals surface area contributed by atoms with E-state index in [2.05, 4.69) is 5.32 Å². The SMILES string of the molecule is C/C(=C/c1ccc(C)cc1)C(=O)NCC(C)(C)CCO. The van der Waals surface area contributed by atoms with E-state index in [0.717, 1.165) is 5.56 Å². The molecule has 3 nitrogen and oxygen atoms in total. The van der Waals surface area contributed by atoms with Gasteiger partial charge in [-0.1, -0.05) is 43.7 Å². The maximum Gasteiger partial charge on any atom is 0.246 e. The van der Waals surface area contributed by atoms with Crippen LogP contribution in [0.25, 0.3) is 6.08 Å². The summed E-state index contributed by atoms with van der Waals surface area (Å²) in [5.74, 6) is -0.0587. The van der Waals surface area contributed by atoms with Crippen molar-refractivity contribution in [2.75, 3.05) is 13.2 Å². The molecule has 0 unspecified atom stereocenters. The molecule has 1 rings (SSSR count). The molecular weight excluding hydrogens is 250 g/mol. The molecule has 0 aromatic heterocycles. The first-order valence-electron chi connectivity index (χ1n) is 6.98. The van der Waals surface area contributed by atoms with Crippen LogP contribution in [0.4, 0.5) is 0 Å². The number of nitrogens with one attached hydrogen (secondary N) is 1. The number of benzene rings is 1. The smallest absolute Gasteiger partial charge is 0.246 e. The minimum Gasteiger partial charge on any atom is -0.396 e. The molecule has 0 saturated heterocycles. The van der Waals surface area contributed by atoms with Crippen molar-refractivity contribution in [2.45, 2.75) is 34.1 Å². The van der Waals surface area contributed by atoms with Gasteiger partial charge in [-0.15, -0.1) is 0 Å². The van der Waals surface area contributed by atoms with Crippen molar-refractivity contribution in [3.63, 3.8) is 0 Å². The van der Waals surface area contributed by atoms with Crippen molar-refractivity contribution in [2.24, 2.45) is 5.41 Å². The standard InChI is InChI=1S/C17H25NO2/c1-13-5-7-15(8-6-13)11-14(2)16(20)18-12-17(3,4)9-10-19/h5-8,11,19H,9-10,12H2,1-4H3,(H,18,20)/b14-11-. The summed E-state index contributed by atoms with van der Waals surface area (Å²) in [6.07, 6.45) is 2.56. The zero-order chi connectivity index (χ0) is 15.2. The summed E-state index contributed by atoms with van der Waals surface area (Å²) >= 11 is 0. The number of rotatable bonds is 6. The van der Waals surface area contributed by atoms with E-state index in [-0.39, 0.29) is 17.9 Å². The Balaban J connectivity index is 2.61. The first kappa shape index (κ1) is 16.4. The molecular formula is C17H25NO2. The highest BCUT2D eigenvalue weighted by atomic mass is 16.3. The molecule has 0 spiro atoms. The molecule has 0 radical (unpaired) electrons. The Morgan fingerprint density at radius 1 is 1.30 bits per heavy atom. The van der Waals surface area contributed by atoms with Gasteiger partial charge in [0.25, 0.3) is 0 Å². The van der Waals surface area contributed by atoms with Crippen LogP contribution >= 0.6 is 0 Å². The van der Waals surface area contributed by atoms with Crippen molar-refractivity contribution in [3.8, 4) is 0 Å². The van der Waals surface area contributed by atoms with Gasteiger partial charge in [-0.2, -0.15) is 0 Å². The molecule has 20 heavy (non-hydrogen) atoms. The fraction of sp³-hybridized carbons (Fsp3) is 0.471. The molecule has 1 aromatic carbocycles. The van der Waals surface area contributed by atoms with Crippen molar-refractivity contribution in [3.05, 3.63) is 41.0 Å². The van der Waals surface area contributed by atoms with Gasteiger partial charge in [0.15, 0.2) is 0 Å². The molecule has 110 valence electrons. The van der Waals surface area contributed by atoms with E-state index >= 15 is 0 Å². The lowest BCUT2D eigenvalue weighted by Gasteiger charge is -2.23. The Hall–Kier alpha value is -1.61. The maximum atomic E-state index is 12.0. The zero-order valence-corrected chi connectivity index (χ0v) is 12.9. The lowest BCUT2D eigenvalue weighted by molar-refractivity contribution is -0.117. The predicted octanol–water partition coefficient (Wildman–Crippen LogP) is 2.92. The third-order valence-electron chi connectivity index (χ3n) is 3.33. The quantitative estimate of drug-likeness (QED) is 0.784. The van der Waals surface area contributed by atoms with Crippen LogP contribution in [0.1, 0.15) is 38.3 Å². The molecule has 0 bridgehead atoms. The van der Waals surface area contributed by atoms with Crippen LogP contribution in [0.5, 0.6) is 0 Å². The fourth-order valence-electron chi connectivity index (χ4n) is 1.83. The van der Waals surface area contributed by atoms with Crippen molar-refractivity contribution >= 4 is 12.0 Å². The minimum atomic E-state index is -0.0887. The summed E-state index contributed by atoms with van der Waals surface area (Å²) in [6, 6.07) is 8.06. The highest BCUT2D eigenvalue weighted by Gasteiger charge is 2.18. The Labute approximate surface area is 121 Å². The van der Waals surface area contributed by atoms with E-state index in [0.29, 0.717) is 18.5 Å². The van der Waals surface area contributed by atoms with Gasteiger partial charge in [0.1, 0.15) is 0 Å². The first-order valence-corrected chi connectivity index (χ1v) is 6.98. The topological polar surface area (TPSA) is 49.3 Å². The normalized spacial score (nSPS) is 12.3. The Morgan fingerprint density at radius 3 is 2.45 bits per heavy atom. The largest absolute Gasteiger partial charge is 0.396 e. The van der Waals surface area contributed by atoms with E-state index in [4.69, 9.17) is 5.11 Å². The number of aliphatic hydroxyl groups excluding tert-OH is 1. The van der Waals surface area contributed by atoms with Crippen LogP contribution < -0.4 is 5.32 Å². The van der Waals surface area contributed by atoms with E-state index < -0.39 is 0 Å². The minimum absolute atomic E-state index is 0.0587. The molecule has 3 heteroatoms. The zero-order valence-electron chi connectivity index (χ0n) is 12.9. The lowest BCUT2D eigenvalue weighted by atomic mass is 9.89. The highest BCUT2D eigenvalue weighted by Crippen LogP contribution is 2.18. The molecule has 0 heterocycles. The third kappa shape index (κ3) is 5.57. The van der Waals surface area contributed by atoms with Crippen molar-refractivity contribution in [1.29, 1.82) is 0 Å². The van der Waals surface area contributed by atoms with Gasteiger partial charge in [-0.05, 0) is 37.3 Å². The summed E-state index contributed by atoms with van der Waals surface area (Å²) in [4.78, 5) is 12.0. The molecule has 0 aliphatic rings. The Kier molecular flexibility index (Phi) is 5.96. The second kappa shape index (κ2) is 7.25. The van der Waals surface area contributed by atoms with Crippen LogP contribution in [0.2, 0.25) is 0 Å². The van der Waals surface area contributed by atoms with Gasteiger partial charge < -0.3 is 10.4 Å². The second-order valence-electron chi connectivity index (χ2n) is 6.06. The number of aryl methyl sites for hydroxylation is 1. The average Bonchev–Trinajstić information content (AvgIpc) is 2.38. The molecule has 1 aromatic rings. The van der Waals surface area contributed by atoms with Gasteiger partial charge in [0.2, 0.25) is 5.91 Å². The van der Waals surface area contributed by atoms with Gasteiger partial charge >= 0.3 is 0 Å². The second-order valence-corrected chi connectivity index (χ2v) is 6.06. The predicted molar refractivity (Wildman–Crippen MR) is 83.3 cm³/mol. The molecule has 1 amide bonds. The van der Waals surface area contributed by atoms with Crippen LogP contribution in [0.15, 0.2) is 29.8 Å². The third-order valence-corrected chi connectivity index (χ3v) is 3.33. The Bertz CT molecular complexity index is 472. The fourth-order valence-corrected chi connectivity index (χ4v) is 1.83. The molecule has 0 atom stereocenters. The Morgan fingerprint density at radius 2 is 1.90 bits per heavy atom. The summed E-state index contributed by atoms with van der Waals surface area (Å²) in [6.45, 7) is 8.61. The van der Waals surface area contributed by atoms with E-state index in [1.165, 1.54) is 5.56 Å². The number of hydrogen-bond acceptors (Lipinski definition) is 2. The molecule has 0 fully saturated rings. The van der Waals surface area contributed by atoms with Gasteiger partial charge in [-0.25, -0.2) is 0 Å². The van der Waals surface area contributed by atoms with Gasteiger partial charge in [-0.3, -0.25) is 4.79 Å². The van der Waals surface area contributed by atoms with Gasteiger partial charge in [0, 0.05) is 18.7 Å². The van der Waals surface area contributed by atoms with Crippen LogP contribution in [-0.4, -0.2) is 24.2 Å². The number of aliphatic hydroxyl groups is 1. The maximum absolute atomic E-state index is 12.0. The highest BCUT2D eigenvalue weighted by molar-refractivity contribution is 5.97. The first-order chi connectivity index (χ1) is 9.34. The number of hydrogen-bond donors (Lipinski definition) is 2. The number of carbonyl (C=O) groups excluding carboxylic acids is 1. The summed E-state index contributed by atoms with van der Waals surface area (Å²) in [5, 5.41) is 11.9.